The zero-order valence-electron chi connectivity index (χ0n) is 19.0. The Kier molecular flexibility index (Phi) is 6.62. The second-order valence-electron chi connectivity index (χ2n) is 8.35. The normalized spacial score (nSPS) is 15.1. The van der Waals surface area contributed by atoms with Gasteiger partial charge in [-0.15, -0.1) is 0 Å². The minimum Gasteiger partial charge on any atom is -0.481 e. The van der Waals surface area contributed by atoms with Crippen molar-refractivity contribution in [3.05, 3.63) is 77.4 Å². The highest BCUT2D eigenvalue weighted by Gasteiger charge is 2.29. The lowest BCUT2D eigenvalue weighted by molar-refractivity contribution is -0.137. The van der Waals surface area contributed by atoms with Gasteiger partial charge in [0.05, 0.1) is 24.8 Å². The Morgan fingerprint density at radius 3 is 2.59 bits per heavy atom. The van der Waals surface area contributed by atoms with Crippen LogP contribution in [-0.2, 0) is 11.4 Å². The summed E-state index contributed by atoms with van der Waals surface area (Å²) in [6, 6.07) is 20.8. The zero-order chi connectivity index (χ0) is 24.2. The SMILES string of the molecule is Cc1cc(-c2cccc(CO)c2)c(C)cc1Oc1ccc(N2N=C(C#N)CC2CC(=O)O)cc1. The lowest BCUT2D eigenvalue weighted by Gasteiger charge is -2.22. The summed E-state index contributed by atoms with van der Waals surface area (Å²) < 4.78 is 6.14. The summed E-state index contributed by atoms with van der Waals surface area (Å²) >= 11 is 0. The number of hydrazone groups is 1. The highest BCUT2D eigenvalue weighted by atomic mass is 16.5. The molecule has 0 saturated heterocycles. The average molecular weight is 456 g/mol. The van der Waals surface area contributed by atoms with E-state index < -0.39 is 5.97 Å². The van der Waals surface area contributed by atoms with E-state index in [1.807, 2.05) is 62.4 Å². The molecule has 4 rings (SSSR count). The summed E-state index contributed by atoms with van der Waals surface area (Å²) in [6.45, 7) is 4.01. The topological polar surface area (TPSA) is 106 Å². The first kappa shape index (κ1) is 23.0. The fourth-order valence-corrected chi connectivity index (χ4v) is 4.10. The fourth-order valence-electron chi connectivity index (χ4n) is 4.10. The maximum atomic E-state index is 11.2. The molecule has 1 atom stereocenters. The molecule has 0 amide bonds. The molecule has 1 unspecified atom stereocenters. The molecule has 0 spiro atoms. The van der Waals surface area contributed by atoms with Gasteiger partial charge < -0.3 is 14.9 Å². The lowest BCUT2D eigenvalue weighted by atomic mass is 9.96. The van der Waals surface area contributed by atoms with E-state index in [1.54, 1.807) is 17.1 Å². The van der Waals surface area contributed by atoms with Crippen molar-refractivity contribution in [1.29, 1.82) is 5.26 Å². The fraction of sp³-hybridized carbons (Fsp3) is 0.222. The Morgan fingerprint density at radius 2 is 1.91 bits per heavy atom. The van der Waals surface area contributed by atoms with Gasteiger partial charge in [0.15, 0.2) is 0 Å². The number of hydrogen-bond donors (Lipinski definition) is 2. The summed E-state index contributed by atoms with van der Waals surface area (Å²) in [6.07, 6.45) is 0.214. The number of nitrogens with zero attached hydrogens (tertiary/aromatic N) is 3. The first-order valence-electron chi connectivity index (χ1n) is 11.0. The lowest BCUT2D eigenvalue weighted by Crippen LogP contribution is -2.28. The molecular weight excluding hydrogens is 430 g/mol. The third-order valence-corrected chi connectivity index (χ3v) is 5.81. The first-order valence-corrected chi connectivity index (χ1v) is 11.0. The minimum absolute atomic E-state index is 0.000673. The third-order valence-electron chi connectivity index (χ3n) is 5.81. The van der Waals surface area contributed by atoms with Crippen LogP contribution in [-0.4, -0.2) is 27.9 Å². The Labute approximate surface area is 198 Å². The number of nitriles is 1. The molecule has 2 N–H and O–H groups in total. The van der Waals surface area contributed by atoms with Crippen molar-refractivity contribution in [2.45, 2.75) is 39.3 Å². The van der Waals surface area contributed by atoms with Crippen molar-refractivity contribution in [3.8, 4) is 28.7 Å². The van der Waals surface area contributed by atoms with Gasteiger partial charge >= 0.3 is 5.97 Å². The molecule has 7 heteroatoms. The molecular formula is C27H25N3O4. The highest BCUT2D eigenvalue weighted by molar-refractivity contribution is 6.01. The van der Waals surface area contributed by atoms with Crippen molar-refractivity contribution < 1.29 is 19.7 Å². The second-order valence-corrected chi connectivity index (χ2v) is 8.35. The predicted molar refractivity (Wildman–Crippen MR) is 130 cm³/mol. The maximum Gasteiger partial charge on any atom is 0.305 e. The van der Waals surface area contributed by atoms with Crippen LogP contribution in [0.15, 0.2) is 65.8 Å². The van der Waals surface area contributed by atoms with Crippen LogP contribution >= 0.6 is 0 Å². The van der Waals surface area contributed by atoms with Gasteiger partial charge in [-0.2, -0.15) is 10.4 Å². The number of ether oxygens (including phenoxy) is 1. The summed E-state index contributed by atoms with van der Waals surface area (Å²) in [5.41, 5.74) is 6.05. The summed E-state index contributed by atoms with van der Waals surface area (Å²) in [5, 5.41) is 33.7. The molecule has 1 aliphatic heterocycles. The standard InChI is InChI=1S/C27H25N3O4/c1-17-11-26(18(2)10-25(17)20-5-3-4-19(12-20)16-31)34-24-8-6-22(7-9-24)30-23(14-27(32)33)13-21(15-28)29-30/h3-12,23,31H,13-14,16H2,1-2H3,(H,32,33). The van der Waals surface area contributed by atoms with Crippen LogP contribution in [0, 0.1) is 25.2 Å². The van der Waals surface area contributed by atoms with E-state index in [4.69, 9.17) is 4.74 Å². The number of anilines is 1. The Bertz CT molecular complexity index is 1290. The smallest absolute Gasteiger partial charge is 0.305 e. The number of aliphatic carboxylic acids is 1. The highest BCUT2D eigenvalue weighted by Crippen LogP contribution is 2.34. The number of carboxylic acid groups (broad SMARTS) is 1. The Morgan fingerprint density at radius 1 is 1.15 bits per heavy atom. The van der Waals surface area contributed by atoms with E-state index >= 15 is 0 Å². The van der Waals surface area contributed by atoms with Crippen LogP contribution in [0.2, 0.25) is 0 Å². The monoisotopic (exact) mass is 455 g/mol. The van der Waals surface area contributed by atoms with Crippen molar-refractivity contribution in [2.24, 2.45) is 5.10 Å². The molecule has 0 fully saturated rings. The molecule has 0 saturated carbocycles. The predicted octanol–water partition coefficient (Wildman–Crippen LogP) is 5.19. The van der Waals surface area contributed by atoms with Crippen LogP contribution in [0.5, 0.6) is 11.5 Å². The van der Waals surface area contributed by atoms with Crippen LogP contribution < -0.4 is 9.75 Å². The first-order chi connectivity index (χ1) is 16.4. The summed E-state index contributed by atoms with van der Waals surface area (Å²) in [4.78, 5) is 11.2. The van der Waals surface area contributed by atoms with Gasteiger partial charge in [-0.1, -0.05) is 18.2 Å². The molecule has 34 heavy (non-hydrogen) atoms. The van der Waals surface area contributed by atoms with Gasteiger partial charge in [0, 0.05) is 6.42 Å². The third kappa shape index (κ3) is 4.92. The molecule has 3 aromatic rings. The second kappa shape index (κ2) is 9.77. The van der Waals surface area contributed by atoms with E-state index in [9.17, 15) is 20.3 Å². The number of hydrogen-bond acceptors (Lipinski definition) is 6. The molecule has 172 valence electrons. The van der Waals surface area contributed by atoms with Crippen LogP contribution in [0.4, 0.5) is 5.69 Å². The van der Waals surface area contributed by atoms with E-state index in [0.29, 0.717) is 23.6 Å². The maximum absolute atomic E-state index is 11.2. The number of aliphatic hydroxyl groups is 1. The van der Waals surface area contributed by atoms with E-state index in [1.165, 1.54) is 0 Å². The number of aliphatic hydroxyl groups excluding tert-OH is 1. The average Bonchev–Trinajstić information content (AvgIpc) is 3.24. The molecule has 0 bridgehead atoms. The number of carboxylic acids is 1. The van der Waals surface area contributed by atoms with Crippen molar-refractivity contribution in [1.82, 2.24) is 0 Å². The largest absolute Gasteiger partial charge is 0.481 e. The van der Waals surface area contributed by atoms with Gasteiger partial charge in [-0.25, -0.2) is 0 Å². The number of carbonyl (C=O) groups is 1. The molecule has 0 aromatic heterocycles. The van der Waals surface area contributed by atoms with Crippen molar-refractivity contribution in [2.75, 3.05) is 5.01 Å². The number of aryl methyl sites for hydroxylation is 2. The van der Waals surface area contributed by atoms with Crippen LogP contribution in [0.3, 0.4) is 0 Å². The summed E-state index contributed by atoms with van der Waals surface area (Å²) in [7, 11) is 0. The minimum atomic E-state index is -0.929. The quantitative estimate of drug-likeness (QED) is 0.508. The molecule has 3 aromatic carbocycles. The van der Waals surface area contributed by atoms with E-state index in [2.05, 4.69) is 11.2 Å². The molecule has 1 aliphatic rings. The van der Waals surface area contributed by atoms with Gasteiger partial charge in [-0.05, 0) is 84.1 Å². The van der Waals surface area contributed by atoms with Crippen molar-refractivity contribution in [3.63, 3.8) is 0 Å². The zero-order valence-corrected chi connectivity index (χ0v) is 19.0. The van der Waals surface area contributed by atoms with Gasteiger partial charge in [-0.3, -0.25) is 9.80 Å². The Balaban J connectivity index is 1.54. The van der Waals surface area contributed by atoms with E-state index in [-0.39, 0.29) is 19.1 Å². The van der Waals surface area contributed by atoms with Gasteiger partial charge in [0.1, 0.15) is 23.3 Å². The molecule has 0 radical (unpaired) electrons. The van der Waals surface area contributed by atoms with Crippen molar-refractivity contribution >= 4 is 17.4 Å². The molecule has 7 nitrogen and oxygen atoms in total. The molecule has 1 heterocycles. The van der Waals surface area contributed by atoms with Crippen LogP contribution in [0.25, 0.3) is 11.1 Å². The number of rotatable bonds is 7. The Hall–Kier alpha value is -4.15. The molecule has 0 aliphatic carbocycles. The van der Waals surface area contributed by atoms with Gasteiger partial charge in [0.2, 0.25) is 0 Å². The van der Waals surface area contributed by atoms with E-state index in [0.717, 1.165) is 33.6 Å². The number of benzene rings is 3. The summed E-state index contributed by atoms with van der Waals surface area (Å²) in [5.74, 6) is 0.448. The van der Waals surface area contributed by atoms with Crippen LogP contribution in [0.1, 0.15) is 29.5 Å². The van der Waals surface area contributed by atoms with Gasteiger partial charge in [0.25, 0.3) is 0 Å².